The number of nitrogens with zero attached hydrogens (tertiary/aromatic N) is 2. The molecule has 2 aromatic carbocycles. The van der Waals surface area contributed by atoms with Gasteiger partial charge in [0.2, 0.25) is 5.91 Å². The van der Waals surface area contributed by atoms with Crippen LogP contribution in [0.4, 0.5) is 10.1 Å². The summed E-state index contributed by atoms with van der Waals surface area (Å²) in [6.45, 7) is 5.86. The number of nitrogens with one attached hydrogen (secondary N) is 2. The summed E-state index contributed by atoms with van der Waals surface area (Å²) < 4.78 is 18.9. The van der Waals surface area contributed by atoms with Gasteiger partial charge in [0.15, 0.2) is 6.61 Å². The predicted molar refractivity (Wildman–Crippen MR) is 130 cm³/mol. The van der Waals surface area contributed by atoms with E-state index in [1.165, 1.54) is 19.0 Å². The van der Waals surface area contributed by atoms with Gasteiger partial charge in [0.05, 0.1) is 12.2 Å². The summed E-state index contributed by atoms with van der Waals surface area (Å²) in [5.74, 6) is -0.472. The largest absolute Gasteiger partial charge is 0.482 e. The fourth-order valence-electron chi connectivity index (χ4n) is 3.78. The molecule has 34 heavy (non-hydrogen) atoms. The average Bonchev–Trinajstić information content (AvgIpc) is 2.78. The number of carbonyl (C=O) groups is 2. The number of ether oxygens (including phenoxy) is 1. The normalized spacial score (nSPS) is 16.3. The zero-order valence-corrected chi connectivity index (χ0v) is 20.0. The quantitative estimate of drug-likeness (QED) is 0.467. The zero-order chi connectivity index (χ0) is 24.7. The molecule has 1 aliphatic rings. The molecular weight excluding hydrogens is 462 g/mol. The molecule has 8 nitrogen and oxygen atoms in total. The van der Waals surface area contributed by atoms with Crippen LogP contribution >= 0.6 is 11.6 Å². The summed E-state index contributed by atoms with van der Waals surface area (Å²) in [6, 6.07) is 11.2. The van der Waals surface area contributed by atoms with Crippen molar-refractivity contribution in [3.8, 4) is 5.75 Å². The zero-order valence-electron chi connectivity index (χ0n) is 19.3. The Morgan fingerprint density at radius 2 is 1.97 bits per heavy atom. The molecule has 0 bridgehead atoms. The third-order valence-electron chi connectivity index (χ3n) is 5.48. The molecular formula is C23H29BClFN4O4. The molecule has 3 N–H and O–H groups in total. The first-order valence-corrected chi connectivity index (χ1v) is 11.5. The third-order valence-corrected chi connectivity index (χ3v) is 5.71. The van der Waals surface area contributed by atoms with E-state index in [1.807, 2.05) is 6.92 Å². The molecule has 0 saturated carbocycles. The van der Waals surface area contributed by atoms with Gasteiger partial charge in [0.25, 0.3) is 5.91 Å². The van der Waals surface area contributed by atoms with E-state index in [2.05, 4.69) is 15.4 Å². The minimum absolute atomic E-state index is 0.0127. The van der Waals surface area contributed by atoms with E-state index in [1.54, 1.807) is 35.2 Å². The van der Waals surface area contributed by atoms with Crippen molar-refractivity contribution in [1.29, 1.82) is 0 Å². The topological polar surface area (TPSA) is 94.1 Å². The van der Waals surface area contributed by atoms with Gasteiger partial charge in [0.1, 0.15) is 11.6 Å². The summed E-state index contributed by atoms with van der Waals surface area (Å²) in [5.41, 5.74) is 1.37. The van der Waals surface area contributed by atoms with E-state index < -0.39 is 7.05 Å². The predicted octanol–water partition coefficient (Wildman–Crippen LogP) is 2.23. The Hall–Kier alpha value is -2.66. The molecule has 11 heteroatoms. The Balaban J connectivity index is 1.53. The van der Waals surface area contributed by atoms with Crippen molar-refractivity contribution in [2.45, 2.75) is 26.3 Å². The van der Waals surface area contributed by atoms with Crippen LogP contribution in [0.25, 0.3) is 0 Å². The minimum Gasteiger partial charge on any atom is -0.482 e. The van der Waals surface area contributed by atoms with Crippen LogP contribution in [-0.2, 0) is 16.1 Å². The highest BCUT2D eigenvalue weighted by atomic mass is 35.5. The van der Waals surface area contributed by atoms with E-state index >= 15 is 0 Å². The summed E-state index contributed by atoms with van der Waals surface area (Å²) in [4.78, 5) is 29.0. The highest BCUT2D eigenvalue weighted by Crippen LogP contribution is 2.28. The minimum atomic E-state index is -0.823. The first kappa shape index (κ1) is 26.0. The number of amides is 2. The maximum absolute atomic E-state index is 13.1. The fourth-order valence-corrected chi connectivity index (χ4v) is 3.95. The smallest absolute Gasteiger partial charge is 0.374 e. The van der Waals surface area contributed by atoms with Crippen molar-refractivity contribution < 1.29 is 23.7 Å². The Morgan fingerprint density at radius 3 is 2.65 bits per heavy atom. The Bertz CT molecular complexity index is 995. The van der Waals surface area contributed by atoms with Gasteiger partial charge in [-0.1, -0.05) is 23.7 Å². The molecule has 1 heterocycles. The van der Waals surface area contributed by atoms with E-state index in [4.69, 9.17) is 16.3 Å². The molecule has 1 fully saturated rings. The maximum Gasteiger partial charge on any atom is 0.374 e. The standard InChI is InChI=1S/C23H29BClFN4O4/c1-16-13-29(14-17-3-6-19(26)7-4-17)9-10-30(16)23(32)15-34-21-8-5-18(25)11-20(21)28-22(31)12-27-24(2)33/h3-8,11,16,27,33H,9-10,12-15H2,1-2H3,(H,28,31)/t16-/m1/s1. The van der Waals surface area contributed by atoms with Crippen LogP contribution in [0.3, 0.4) is 0 Å². The second-order valence-electron chi connectivity index (χ2n) is 8.33. The molecule has 0 radical (unpaired) electrons. The van der Waals surface area contributed by atoms with Gasteiger partial charge >= 0.3 is 7.05 Å². The SMILES string of the molecule is CB(O)NCC(=O)Nc1cc(Cl)ccc1OCC(=O)N1CCN(Cc2ccc(F)cc2)C[C@H]1C. The van der Waals surface area contributed by atoms with E-state index in [0.717, 1.165) is 5.56 Å². The Morgan fingerprint density at radius 1 is 1.24 bits per heavy atom. The maximum atomic E-state index is 13.1. The van der Waals surface area contributed by atoms with E-state index in [-0.39, 0.29) is 36.8 Å². The van der Waals surface area contributed by atoms with Crippen LogP contribution in [0.15, 0.2) is 42.5 Å². The van der Waals surface area contributed by atoms with Gasteiger partial charge in [-0.3, -0.25) is 14.5 Å². The van der Waals surface area contributed by atoms with Crippen LogP contribution < -0.4 is 15.3 Å². The van der Waals surface area contributed by atoms with Crippen LogP contribution in [0.1, 0.15) is 12.5 Å². The van der Waals surface area contributed by atoms with Crippen LogP contribution in [-0.4, -0.2) is 72.5 Å². The fraction of sp³-hybridized carbons (Fsp3) is 0.391. The molecule has 1 atom stereocenters. The van der Waals surface area contributed by atoms with Gasteiger partial charge in [-0.15, -0.1) is 0 Å². The third kappa shape index (κ3) is 7.70. The van der Waals surface area contributed by atoms with Gasteiger partial charge in [0, 0.05) is 37.2 Å². The van der Waals surface area contributed by atoms with Gasteiger partial charge in [-0.25, -0.2) is 4.39 Å². The lowest BCUT2D eigenvalue weighted by Crippen LogP contribution is -2.54. The number of anilines is 1. The number of carbonyl (C=O) groups excluding carboxylic acids is 2. The van der Waals surface area contributed by atoms with Gasteiger partial charge < -0.3 is 25.2 Å². The summed E-state index contributed by atoms with van der Waals surface area (Å²) >= 11 is 6.05. The molecule has 2 amide bonds. The van der Waals surface area contributed by atoms with Crippen LogP contribution in [0.5, 0.6) is 5.75 Å². The summed E-state index contributed by atoms with van der Waals surface area (Å²) in [7, 11) is -0.823. The van der Waals surface area contributed by atoms with Crippen molar-refractivity contribution in [2.24, 2.45) is 0 Å². The van der Waals surface area contributed by atoms with E-state index in [0.29, 0.717) is 42.6 Å². The lowest BCUT2D eigenvalue weighted by Gasteiger charge is -2.39. The number of hydrogen-bond acceptors (Lipinski definition) is 6. The van der Waals surface area contributed by atoms with Crippen LogP contribution in [0, 0.1) is 5.82 Å². The highest BCUT2D eigenvalue weighted by molar-refractivity contribution is 6.45. The molecule has 1 aliphatic heterocycles. The Kier molecular flexibility index (Phi) is 9.29. The summed E-state index contributed by atoms with van der Waals surface area (Å²) in [5, 5.41) is 14.9. The Labute approximate surface area is 204 Å². The molecule has 0 unspecified atom stereocenters. The average molecular weight is 491 g/mol. The molecule has 1 saturated heterocycles. The number of halogens is 2. The lowest BCUT2D eigenvalue weighted by atomic mass is 9.89. The number of rotatable bonds is 9. The van der Waals surface area contributed by atoms with Crippen molar-refractivity contribution in [1.82, 2.24) is 15.0 Å². The second kappa shape index (κ2) is 12.2. The summed E-state index contributed by atoms with van der Waals surface area (Å²) in [6.07, 6.45) is 0. The highest BCUT2D eigenvalue weighted by Gasteiger charge is 2.27. The lowest BCUT2D eigenvalue weighted by molar-refractivity contribution is -0.138. The molecule has 0 spiro atoms. The number of hydrogen-bond donors (Lipinski definition) is 3. The molecule has 0 aromatic heterocycles. The van der Waals surface area contributed by atoms with Crippen molar-refractivity contribution in [2.75, 3.05) is 38.1 Å². The number of benzene rings is 2. The first-order valence-electron chi connectivity index (χ1n) is 11.1. The monoisotopic (exact) mass is 490 g/mol. The first-order chi connectivity index (χ1) is 16.2. The molecule has 0 aliphatic carbocycles. The second-order valence-corrected chi connectivity index (χ2v) is 8.77. The van der Waals surface area contributed by atoms with Gasteiger partial charge in [-0.2, -0.15) is 0 Å². The molecule has 3 rings (SSSR count). The van der Waals surface area contributed by atoms with Crippen molar-refractivity contribution in [3.05, 3.63) is 58.9 Å². The van der Waals surface area contributed by atoms with Gasteiger partial charge in [-0.05, 0) is 49.6 Å². The van der Waals surface area contributed by atoms with E-state index in [9.17, 15) is 19.0 Å². The molecule has 2 aromatic rings. The molecule has 182 valence electrons. The van der Waals surface area contributed by atoms with Crippen molar-refractivity contribution in [3.63, 3.8) is 0 Å². The van der Waals surface area contributed by atoms with Crippen LogP contribution in [0.2, 0.25) is 11.8 Å². The van der Waals surface area contributed by atoms with Crippen molar-refractivity contribution >= 4 is 36.2 Å². The number of piperazine rings is 1.